The minimum Gasteiger partial charge on any atom is -0.366 e. The molecular weight excluding hydrogens is 320 g/mol. The van der Waals surface area contributed by atoms with E-state index in [4.69, 9.17) is 11.0 Å². The van der Waals surface area contributed by atoms with Crippen LogP contribution in [0.25, 0.3) is 0 Å². The molecular formula is C10H7BrN4O4. The fourth-order valence-electron chi connectivity index (χ4n) is 1.26. The van der Waals surface area contributed by atoms with E-state index in [1.165, 1.54) is 6.07 Å². The average molecular weight is 327 g/mol. The second kappa shape index (κ2) is 5.92. The van der Waals surface area contributed by atoms with Crippen LogP contribution in [0.4, 0.5) is 11.4 Å². The monoisotopic (exact) mass is 326 g/mol. The van der Waals surface area contributed by atoms with Crippen molar-refractivity contribution in [2.75, 3.05) is 5.32 Å². The quantitative estimate of drug-likeness (QED) is 0.634. The number of nitro groups is 1. The molecule has 0 unspecified atom stereocenters. The van der Waals surface area contributed by atoms with Crippen molar-refractivity contribution >= 4 is 39.1 Å². The Hall–Kier alpha value is -2.47. The van der Waals surface area contributed by atoms with Crippen LogP contribution in [0, 0.1) is 21.4 Å². The van der Waals surface area contributed by atoms with Gasteiger partial charge in [0.2, 0.25) is 11.8 Å². The second-order valence-electron chi connectivity index (χ2n) is 3.36. The Labute approximate surface area is 115 Å². The number of benzene rings is 1. The highest BCUT2D eigenvalue weighted by Gasteiger charge is 2.21. The summed E-state index contributed by atoms with van der Waals surface area (Å²) in [5.41, 5.74) is 4.34. The molecule has 9 heteroatoms. The van der Waals surface area contributed by atoms with Crippen molar-refractivity contribution in [2.45, 2.75) is 6.42 Å². The molecule has 0 spiro atoms. The standard InChI is InChI=1S/C10H7BrN4O4/c11-6-3-5(10(13)17)4-7(15(18)19)9(6)14-8(16)1-2-12/h3-4H,1H2,(H2,13,17)(H,14,16). The van der Waals surface area contributed by atoms with E-state index < -0.39 is 28.8 Å². The molecule has 0 saturated carbocycles. The van der Waals surface area contributed by atoms with Gasteiger partial charge in [-0.25, -0.2) is 0 Å². The number of anilines is 1. The van der Waals surface area contributed by atoms with E-state index in [1.807, 2.05) is 0 Å². The van der Waals surface area contributed by atoms with E-state index in [0.29, 0.717) is 0 Å². The van der Waals surface area contributed by atoms with Gasteiger partial charge in [-0.3, -0.25) is 19.7 Å². The molecule has 1 aromatic rings. The molecule has 0 heterocycles. The molecule has 1 aromatic carbocycles. The molecule has 1 rings (SSSR count). The maximum atomic E-state index is 11.3. The molecule has 0 radical (unpaired) electrons. The van der Waals surface area contributed by atoms with E-state index in [9.17, 15) is 19.7 Å². The van der Waals surface area contributed by atoms with E-state index >= 15 is 0 Å². The van der Waals surface area contributed by atoms with Gasteiger partial charge in [-0.15, -0.1) is 0 Å². The Kier molecular flexibility index (Phi) is 4.55. The van der Waals surface area contributed by atoms with Crippen LogP contribution in [0.3, 0.4) is 0 Å². The smallest absolute Gasteiger partial charge is 0.294 e. The Bertz CT molecular complexity index is 608. The summed E-state index contributed by atoms with van der Waals surface area (Å²) in [4.78, 5) is 32.4. The molecule has 0 saturated heterocycles. The van der Waals surface area contributed by atoms with E-state index in [2.05, 4.69) is 21.2 Å². The first-order valence-electron chi connectivity index (χ1n) is 4.81. The van der Waals surface area contributed by atoms with Crippen molar-refractivity contribution in [1.29, 1.82) is 5.26 Å². The summed E-state index contributed by atoms with van der Waals surface area (Å²) in [6.07, 6.45) is -0.443. The molecule has 8 nitrogen and oxygen atoms in total. The molecule has 0 aliphatic rings. The minimum atomic E-state index is -0.835. The van der Waals surface area contributed by atoms with E-state index in [0.717, 1.165) is 6.07 Å². The van der Waals surface area contributed by atoms with Crippen LogP contribution in [0.2, 0.25) is 0 Å². The van der Waals surface area contributed by atoms with Gasteiger partial charge >= 0.3 is 0 Å². The first kappa shape index (κ1) is 14.6. The number of carbonyl (C=O) groups is 2. The average Bonchev–Trinajstić information content (AvgIpc) is 2.31. The largest absolute Gasteiger partial charge is 0.366 e. The molecule has 98 valence electrons. The van der Waals surface area contributed by atoms with Gasteiger partial charge in [0, 0.05) is 16.1 Å². The summed E-state index contributed by atoms with van der Waals surface area (Å²) >= 11 is 3.00. The lowest BCUT2D eigenvalue weighted by molar-refractivity contribution is -0.384. The van der Waals surface area contributed by atoms with Gasteiger partial charge in [-0.2, -0.15) is 5.26 Å². The number of halogens is 1. The highest BCUT2D eigenvalue weighted by molar-refractivity contribution is 9.10. The SMILES string of the molecule is N#CCC(=O)Nc1c(Br)cc(C(N)=O)cc1[N+](=O)[O-]. The van der Waals surface area contributed by atoms with Crippen molar-refractivity contribution in [3.05, 3.63) is 32.3 Å². The van der Waals surface area contributed by atoms with Crippen LogP contribution < -0.4 is 11.1 Å². The van der Waals surface area contributed by atoms with Gasteiger partial charge in [0.05, 0.1) is 11.0 Å². The van der Waals surface area contributed by atoms with Crippen molar-refractivity contribution in [3.63, 3.8) is 0 Å². The predicted molar refractivity (Wildman–Crippen MR) is 68.2 cm³/mol. The molecule has 0 fully saturated rings. The summed E-state index contributed by atoms with van der Waals surface area (Å²) in [7, 11) is 0. The highest BCUT2D eigenvalue weighted by Crippen LogP contribution is 2.34. The normalized spacial score (nSPS) is 9.47. The van der Waals surface area contributed by atoms with Gasteiger partial charge < -0.3 is 11.1 Å². The lowest BCUT2D eigenvalue weighted by Gasteiger charge is -2.08. The van der Waals surface area contributed by atoms with Gasteiger partial charge in [-0.05, 0) is 22.0 Å². The molecule has 0 aliphatic heterocycles. The Morgan fingerprint density at radius 2 is 2.16 bits per heavy atom. The fraction of sp³-hybridized carbons (Fsp3) is 0.100. The number of nitrogens with two attached hydrogens (primary N) is 1. The number of carbonyl (C=O) groups excluding carboxylic acids is 2. The zero-order valence-electron chi connectivity index (χ0n) is 9.34. The summed E-state index contributed by atoms with van der Waals surface area (Å²) in [5.74, 6) is -1.53. The van der Waals surface area contributed by atoms with Crippen molar-refractivity contribution in [1.82, 2.24) is 0 Å². The first-order chi connectivity index (χ1) is 8.86. The van der Waals surface area contributed by atoms with Crippen molar-refractivity contribution in [2.24, 2.45) is 5.73 Å². The zero-order chi connectivity index (χ0) is 14.6. The maximum Gasteiger partial charge on any atom is 0.294 e. The van der Waals surface area contributed by atoms with Gasteiger partial charge in [0.25, 0.3) is 5.69 Å². The van der Waals surface area contributed by atoms with Crippen molar-refractivity contribution < 1.29 is 14.5 Å². The number of amides is 2. The lowest BCUT2D eigenvalue weighted by Crippen LogP contribution is -2.15. The number of primary amides is 1. The van der Waals surface area contributed by atoms with Crippen LogP contribution in [-0.2, 0) is 4.79 Å². The predicted octanol–water partition coefficient (Wildman–Crippen LogP) is 1.31. The van der Waals surface area contributed by atoms with Crippen molar-refractivity contribution in [3.8, 4) is 6.07 Å². The minimum absolute atomic E-state index is 0.0724. The Morgan fingerprint density at radius 1 is 1.53 bits per heavy atom. The van der Waals surface area contributed by atoms with Crippen LogP contribution in [0.15, 0.2) is 16.6 Å². The van der Waals surface area contributed by atoms with Gasteiger partial charge in [0.15, 0.2) is 0 Å². The molecule has 0 bridgehead atoms. The molecule has 0 aromatic heterocycles. The number of nitrogens with zero attached hydrogens (tertiary/aromatic N) is 2. The summed E-state index contributed by atoms with van der Waals surface area (Å²) in [6, 6.07) is 3.81. The summed E-state index contributed by atoms with van der Waals surface area (Å²) in [6.45, 7) is 0. The molecule has 19 heavy (non-hydrogen) atoms. The number of rotatable bonds is 4. The number of nitriles is 1. The van der Waals surface area contributed by atoms with Crippen LogP contribution in [-0.4, -0.2) is 16.7 Å². The Morgan fingerprint density at radius 3 is 2.63 bits per heavy atom. The molecule has 2 amide bonds. The molecule has 3 N–H and O–H groups in total. The topological polar surface area (TPSA) is 139 Å². The molecule has 0 atom stereocenters. The first-order valence-corrected chi connectivity index (χ1v) is 5.60. The van der Waals surface area contributed by atoms with Gasteiger partial charge in [0.1, 0.15) is 12.1 Å². The fourth-order valence-corrected chi connectivity index (χ4v) is 1.81. The van der Waals surface area contributed by atoms with Crippen LogP contribution in [0.1, 0.15) is 16.8 Å². The number of nitro benzene ring substituents is 1. The highest BCUT2D eigenvalue weighted by atomic mass is 79.9. The summed E-state index contributed by atoms with van der Waals surface area (Å²) in [5, 5.41) is 21.5. The number of nitrogens with one attached hydrogen (secondary N) is 1. The third-order valence-corrected chi connectivity index (χ3v) is 2.68. The molecule has 0 aliphatic carbocycles. The van der Waals surface area contributed by atoms with Gasteiger partial charge in [-0.1, -0.05) is 0 Å². The third-order valence-electron chi connectivity index (χ3n) is 2.05. The summed E-state index contributed by atoms with van der Waals surface area (Å²) < 4.78 is 0.127. The number of hydrogen-bond donors (Lipinski definition) is 2. The Balaban J connectivity index is 3.31. The lowest BCUT2D eigenvalue weighted by atomic mass is 10.1. The number of hydrogen-bond acceptors (Lipinski definition) is 5. The van der Waals surface area contributed by atoms with Crippen LogP contribution in [0.5, 0.6) is 0 Å². The van der Waals surface area contributed by atoms with E-state index in [1.54, 1.807) is 6.07 Å². The third kappa shape index (κ3) is 3.49. The van der Waals surface area contributed by atoms with E-state index in [-0.39, 0.29) is 15.7 Å². The zero-order valence-corrected chi connectivity index (χ0v) is 10.9. The maximum absolute atomic E-state index is 11.3. The second-order valence-corrected chi connectivity index (χ2v) is 4.21. The van der Waals surface area contributed by atoms with Crippen LogP contribution >= 0.6 is 15.9 Å².